The number of carbonyl (C=O) groups is 1. The second kappa shape index (κ2) is 6.40. The normalized spacial score (nSPS) is 10.4. The van der Waals surface area contributed by atoms with Crippen LogP contribution in [0.15, 0.2) is 45.5 Å². The number of amides is 1. The van der Waals surface area contributed by atoms with Crippen LogP contribution in [0.1, 0.15) is 17.3 Å². The number of thiophene rings is 1. The minimum atomic E-state index is -0.357. The predicted octanol–water partition coefficient (Wildman–Crippen LogP) is 3.45. The lowest BCUT2D eigenvalue weighted by atomic mass is 10.2. The van der Waals surface area contributed by atoms with Crippen LogP contribution < -0.4 is 10.1 Å². The average molecular weight is 315 g/mol. The summed E-state index contributed by atoms with van der Waals surface area (Å²) in [6, 6.07) is 8.91. The molecule has 2 heterocycles. The third-order valence-electron chi connectivity index (χ3n) is 2.85. The molecule has 22 heavy (non-hydrogen) atoms. The first-order valence-electron chi connectivity index (χ1n) is 6.67. The van der Waals surface area contributed by atoms with Crippen LogP contribution in [0.4, 0.5) is 6.01 Å². The van der Waals surface area contributed by atoms with E-state index in [9.17, 15) is 4.79 Å². The smallest absolute Gasteiger partial charge is 0.322 e. The maximum atomic E-state index is 12.3. The molecule has 3 rings (SSSR count). The van der Waals surface area contributed by atoms with Crippen LogP contribution in [0.5, 0.6) is 5.75 Å². The lowest BCUT2D eigenvalue weighted by Gasteiger charge is -2.08. The van der Waals surface area contributed by atoms with Crippen molar-refractivity contribution in [3.05, 3.63) is 46.7 Å². The van der Waals surface area contributed by atoms with E-state index in [2.05, 4.69) is 15.5 Å². The molecule has 0 aliphatic carbocycles. The van der Waals surface area contributed by atoms with Gasteiger partial charge in [0.1, 0.15) is 5.75 Å². The fourth-order valence-corrected chi connectivity index (χ4v) is 2.51. The van der Waals surface area contributed by atoms with Crippen molar-refractivity contribution in [1.82, 2.24) is 10.2 Å². The highest BCUT2D eigenvalue weighted by Crippen LogP contribution is 2.23. The number of carbonyl (C=O) groups excluding carboxylic acids is 1. The first-order valence-corrected chi connectivity index (χ1v) is 7.61. The Balaban J connectivity index is 1.77. The van der Waals surface area contributed by atoms with Crippen LogP contribution >= 0.6 is 11.3 Å². The fraction of sp³-hybridized carbons (Fsp3) is 0.133. The Labute approximate surface area is 130 Å². The van der Waals surface area contributed by atoms with Crippen molar-refractivity contribution in [3.8, 4) is 17.2 Å². The van der Waals surface area contributed by atoms with Crippen LogP contribution in [0, 0.1) is 0 Å². The van der Waals surface area contributed by atoms with E-state index in [4.69, 9.17) is 9.15 Å². The van der Waals surface area contributed by atoms with E-state index < -0.39 is 0 Å². The molecule has 1 N–H and O–H groups in total. The molecule has 1 aromatic carbocycles. The van der Waals surface area contributed by atoms with Crippen LogP contribution in [0.2, 0.25) is 0 Å². The molecule has 0 aliphatic heterocycles. The fourth-order valence-electron chi connectivity index (χ4n) is 1.88. The highest BCUT2D eigenvalue weighted by Gasteiger charge is 2.16. The number of ether oxygens (including phenoxy) is 1. The van der Waals surface area contributed by atoms with E-state index in [1.165, 1.54) is 11.3 Å². The van der Waals surface area contributed by atoms with E-state index in [0.29, 0.717) is 23.8 Å². The molecule has 0 aliphatic rings. The van der Waals surface area contributed by atoms with Gasteiger partial charge in [-0.1, -0.05) is 17.2 Å². The van der Waals surface area contributed by atoms with E-state index in [1.807, 2.05) is 29.8 Å². The molecular weight excluding hydrogens is 302 g/mol. The molecule has 0 spiro atoms. The molecule has 6 nitrogen and oxygen atoms in total. The number of hydrogen-bond acceptors (Lipinski definition) is 6. The second-order valence-corrected chi connectivity index (χ2v) is 5.09. The molecule has 3 aromatic rings. The minimum Gasteiger partial charge on any atom is -0.493 e. The molecule has 112 valence electrons. The van der Waals surface area contributed by atoms with Crippen molar-refractivity contribution >= 4 is 23.3 Å². The van der Waals surface area contributed by atoms with Crippen LogP contribution in [-0.2, 0) is 0 Å². The zero-order valence-corrected chi connectivity index (χ0v) is 12.6. The maximum Gasteiger partial charge on any atom is 0.322 e. The van der Waals surface area contributed by atoms with E-state index in [1.54, 1.807) is 18.2 Å². The Morgan fingerprint density at radius 3 is 2.95 bits per heavy atom. The number of hydrogen-bond donors (Lipinski definition) is 1. The Morgan fingerprint density at radius 2 is 2.18 bits per heavy atom. The molecule has 7 heteroatoms. The summed E-state index contributed by atoms with van der Waals surface area (Å²) >= 11 is 1.53. The summed E-state index contributed by atoms with van der Waals surface area (Å²) in [6.45, 7) is 2.34. The van der Waals surface area contributed by atoms with Gasteiger partial charge in [0.05, 0.1) is 12.2 Å². The second-order valence-electron chi connectivity index (χ2n) is 4.31. The molecule has 0 bridgehead atoms. The van der Waals surface area contributed by atoms with Gasteiger partial charge in [0.25, 0.3) is 11.8 Å². The van der Waals surface area contributed by atoms with Crippen LogP contribution in [0.3, 0.4) is 0 Å². The highest BCUT2D eigenvalue weighted by atomic mass is 32.1. The van der Waals surface area contributed by atoms with Gasteiger partial charge in [0, 0.05) is 10.9 Å². The number of aromatic nitrogens is 2. The monoisotopic (exact) mass is 315 g/mol. The molecular formula is C15H13N3O3S. The van der Waals surface area contributed by atoms with Gasteiger partial charge in [-0.05, 0) is 30.5 Å². The van der Waals surface area contributed by atoms with Crippen molar-refractivity contribution in [2.75, 3.05) is 11.9 Å². The number of anilines is 1. The first-order chi connectivity index (χ1) is 10.8. The van der Waals surface area contributed by atoms with Crippen molar-refractivity contribution in [3.63, 3.8) is 0 Å². The van der Waals surface area contributed by atoms with Gasteiger partial charge in [-0.2, -0.15) is 11.3 Å². The maximum absolute atomic E-state index is 12.3. The molecule has 1 amide bonds. The Morgan fingerprint density at radius 1 is 1.32 bits per heavy atom. The molecule has 0 saturated carbocycles. The first kappa shape index (κ1) is 14.3. The van der Waals surface area contributed by atoms with Gasteiger partial charge in [-0.25, -0.2) is 0 Å². The van der Waals surface area contributed by atoms with Crippen molar-refractivity contribution in [2.24, 2.45) is 0 Å². The SMILES string of the molecule is CCOc1ccccc1C(=O)Nc1nnc(-c2ccsc2)o1. The average Bonchev–Trinajstić information content (AvgIpc) is 3.19. The van der Waals surface area contributed by atoms with Gasteiger partial charge in [0.15, 0.2) is 0 Å². The molecule has 0 atom stereocenters. The summed E-state index contributed by atoms with van der Waals surface area (Å²) in [5.74, 6) is 0.527. The van der Waals surface area contributed by atoms with Crippen molar-refractivity contribution in [1.29, 1.82) is 0 Å². The van der Waals surface area contributed by atoms with Gasteiger partial charge in [-0.15, -0.1) is 5.10 Å². The summed E-state index contributed by atoms with van der Waals surface area (Å²) in [5.41, 5.74) is 1.24. The third-order valence-corrected chi connectivity index (χ3v) is 3.53. The summed E-state index contributed by atoms with van der Waals surface area (Å²) in [6.07, 6.45) is 0. The van der Waals surface area contributed by atoms with Gasteiger partial charge in [0.2, 0.25) is 0 Å². The number of nitrogens with one attached hydrogen (secondary N) is 1. The molecule has 0 radical (unpaired) electrons. The van der Waals surface area contributed by atoms with Crippen LogP contribution in [-0.4, -0.2) is 22.7 Å². The van der Waals surface area contributed by atoms with Gasteiger partial charge in [-0.3, -0.25) is 10.1 Å². The highest BCUT2D eigenvalue weighted by molar-refractivity contribution is 7.08. The Hall–Kier alpha value is -2.67. The topological polar surface area (TPSA) is 77.2 Å². The van der Waals surface area contributed by atoms with E-state index >= 15 is 0 Å². The quantitative estimate of drug-likeness (QED) is 0.780. The van der Waals surface area contributed by atoms with Crippen molar-refractivity contribution < 1.29 is 13.9 Å². The predicted molar refractivity (Wildman–Crippen MR) is 83.2 cm³/mol. The van der Waals surface area contributed by atoms with Gasteiger partial charge >= 0.3 is 6.01 Å². The molecule has 0 saturated heterocycles. The summed E-state index contributed by atoms with van der Waals surface area (Å²) in [4.78, 5) is 12.3. The Kier molecular flexibility index (Phi) is 4.15. The third kappa shape index (κ3) is 2.99. The van der Waals surface area contributed by atoms with Crippen LogP contribution in [0.25, 0.3) is 11.5 Å². The number of rotatable bonds is 5. The largest absolute Gasteiger partial charge is 0.493 e. The minimum absolute atomic E-state index is 0.0532. The lowest BCUT2D eigenvalue weighted by Crippen LogP contribution is -2.13. The number of nitrogens with zero attached hydrogens (tertiary/aromatic N) is 2. The summed E-state index contributed by atoms with van der Waals surface area (Å²) < 4.78 is 10.9. The Bertz CT molecular complexity index is 768. The molecule has 0 unspecified atom stereocenters. The van der Waals surface area contributed by atoms with E-state index in [0.717, 1.165) is 5.56 Å². The summed E-state index contributed by atoms with van der Waals surface area (Å²) in [5, 5.41) is 14.1. The number of para-hydroxylation sites is 1. The standard InChI is InChI=1S/C15H13N3O3S/c1-2-20-12-6-4-3-5-11(12)13(19)16-15-18-17-14(21-15)10-7-8-22-9-10/h3-9H,2H2,1H3,(H,16,18,19). The lowest BCUT2D eigenvalue weighted by molar-refractivity contribution is 0.102. The van der Waals surface area contributed by atoms with E-state index in [-0.39, 0.29) is 11.9 Å². The summed E-state index contributed by atoms with van der Waals surface area (Å²) in [7, 11) is 0. The zero-order valence-electron chi connectivity index (χ0n) is 11.8. The molecule has 2 aromatic heterocycles. The number of benzene rings is 1. The van der Waals surface area contributed by atoms with Gasteiger partial charge < -0.3 is 9.15 Å². The van der Waals surface area contributed by atoms with Crippen molar-refractivity contribution in [2.45, 2.75) is 6.92 Å². The zero-order chi connectivity index (χ0) is 15.4. The molecule has 0 fully saturated rings.